The van der Waals surface area contributed by atoms with Gasteiger partial charge in [0.05, 0.1) is 29.7 Å². The Morgan fingerprint density at radius 3 is 2.92 bits per heavy atom. The van der Waals surface area contributed by atoms with Gasteiger partial charge in [-0.25, -0.2) is 0 Å². The van der Waals surface area contributed by atoms with Gasteiger partial charge in [-0.15, -0.1) is 0 Å². The number of nitrogens with one attached hydrogen (secondary N) is 2. The smallest absolute Gasteiger partial charge is 0.253 e. The Balaban J connectivity index is 1.57. The molecule has 0 spiro atoms. The molecule has 25 heavy (non-hydrogen) atoms. The van der Waals surface area contributed by atoms with Crippen molar-refractivity contribution in [2.75, 3.05) is 0 Å². The molecule has 1 aromatic carbocycles. The molecule has 0 aliphatic rings. The van der Waals surface area contributed by atoms with Crippen LogP contribution in [0.15, 0.2) is 55.2 Å². The van der Waals surface area contributed by atoms with Crippen LogP contribution in [-0.4, -0.2) is 30.6 Å². The SMILES string of the molecule is Cn1cc(-c2nccnc2CNC(=O)c2c[nH]c3ccccc23)cn1. The van der Waals surface area contributed by atoms with E-state index in [1.54, 1.807) is 29.5 Å². The third-order valence-electron chi connectivity index (χ3n) is 4.00. The zero-order chi connectivity index (χ0) is 17.2. The van der Waals surface area contributed by atoms with Crippen LogP contribution in [0.2, 0.25) is 0 Å². The topological polar surface area (TPSA) is 88.5 Å². The molecule has 0 aliphatic carbocycles. The summed E-state index contributed by atoms with van der Waals surface area (Å²) in [5.74, 6) is -0.153. The van der Waals surface area contributed by atoms with Crippen molar-refractivity contribution >= 4 is 16.8 Å². The molecule has 7 nitrogen and oxygen atoms in total. The maximum absolute atomic E-state index is 12.5. The van der Waals surface area contributed by atoms with Gasteiger partial charge in [0.2, 0.25) is 0 Å². The minimum atomic E-state index is -0.153. The molecule has 0 saturated carbocycles. The average molecular weight is 332 g/mol. The number of carbonyl (C=O) groups excluding carboxylic acids is 1. The molecule has 2 N–H and O–H groups in total. The first-order chi connectivity index (χ1) is 12.2. The highest BCUT2D eigenvalue weighted by atomic mass is 16.1. The van der Waals surface area contributed by atoms with Gasteiger partial charge in [0, 0.05) is 48.3 Å². The van der Waals surface area contributed by atoms with Gasteiger partial charge in [-0.3, -0.25) is 19.4 Å². The number of benzene rings is 1. The largest absolute Gasteiger partial charge is 0.360 e. The quantitative estimate of drug-likeness (QED) is 0.600. The highest BCUT2D eigenvalue weighted by molar-refractivity contribution is 6.06. The van der Waals surface area contributed by atoms with E-state index in [1.807, 2.05) is 37.5 Å². The third kappa shape index (κ3) is 2.87. The monoisotopic (exact) mass is 332 g/mol. The van der Waals surface area contributed by atoms with Crippen LogP contribution in [0, 0.1) is 0 Å². The number of nitrogens with zero attached hydrogens (tertiary/aromatic N) is 4. The number of H-pyrrole nitrogens is 1. The number of rotatable bonds is 4. The lowest BCUT2D eigenvalue weighted by Crippen LogP contribution is -2.23. The standard InChI is InChI=1S/C18H16N6O/c1-24-11-12(8-23-24)17-16(19-6-7-20-17)10-22-18(25)14-9-21-15-5-3-2-4-13(14)15/h2-9,11,21H,10H2,1H3,(H,22,25). The maximum Gasteiger partial charge on any atom is 0.253 e. The van der Waals surface area contributed by atoms with Crippen molar-refractivity contribution in [3.05, 3.63) is 66.5 Å². The van der Waals surface area contributed by atoms with E-state index in [0.717, 1.165) is 22.2 Å². The van der Waals surface area contributed by atoms with Crippen molar-refractivity contribution in [1.82, 2.24) is 30.0 Å². The third-order valence-corrected chi connectivity index (χ3v) is 4.00. The van der Waals surface area contributed by atoms with Gasteiger partial charge >= 0.3 is 0 Å². The fourth-order valence-corrected chi connectivity index (χ4v) is 2.80. The van der Waals surface area contributed by atoms with Crippen molar-refractivity contribution in [2.24, 2.45) is 7.05 Å². The predicted octanol–water partition coefficient (Wildman–Crippen LogP) is 2.29. The van der Waals surface area contributed by atoms with E-state index in [0.29, 0.717) is 11.3 Å². The normalized spacial score (nSPS) is 10.9. The molecule has 124 valence electrons. The van der Waals surface area contributed by atoms with Gasteiger partial charge in [-0.2, -0.15) is 5.10 Å². The zero-order valence-electron chi connectivity index (χ0n) is 13.6. The summed E-state index contributed by atoms with van der Waals surface area (Å²) in [7, 11) is 1.85. The summed E-state index contributed by atoms with van der Waals surface area (Å²) in [5.41, 5.74) is 3.83. The Bertz CT molecular complexity index is 1050. The van der Waals surface area contributed by atoms with Crippen LogP contribution in [-0.2, 0) is 13.6 Å². The Morgan fingerprint density at radius 1 is 1.24 bits per heavy atom. The molecule has 4 rings (SSSR count). The number of aryl methyl sites for hydroxylation is 1. The zero-order valence-corrected chi connectivity index (χ0v) is 13.6. The van der Waals surface area contributed by atoms with Gasteiger partial charge < -0.3 is 10.3 Å². The molecule has 0 aliphatic heterocycles. The van der Waals surface area contributed by atoms with Crippen molar-refractivity contribution in [3.63, 3.8) is 0 Å². The van der Waals surface area contributed by atoms with E-state index in [4.69, 9.17) is 0 Å². The van der Waals surface area contributed by atoms with Gasteiger partial charge in [0.25, 0.3) is 5.91 Å². The van der Waals surface area contributed by atoms with E-state index in [-0.39, 0.29) is 12.5 Å². The summed E-state index contributed by atoms with van der Waals surface area (Å²) in [6, 6.07) is 7.70. The van der Waals surface area contributed by atoms with E-state index >= 15 is 0 Å². The van der Waals surface area contributed by atoms with Crippen LogP contribution in [0.3, 0.4) is 0 Å². The second kappa shape index (κ2) is 6.20. The van der Waals surface area contributed by atoms with Crippen molar-refractivity contribution < 1.29 is 4.79 Å². The molecule has 3 aromatic heterocycles. The summed E-state index contributed by atoms with van der Waals surface area (Å²) in [4.78, 5) is 24.4. The van der Waals surface area contributed by atoms with E-state index < -0.39 is 0 Å². The van der Waals surface area contributed by atoms with Crippen LogP contribution in [0.25, 0.3) is 22.2 Å². The van der Waals surface area contributed by atoms with E-state index in [9.17, 15) is 4.79 Å². The summed E-state index contributed by atoms with van der Waals surface area (Å²) in [5, 5.41) is 7.98. The van der Waals surface area contributed by atoms with Gasteiger partial charge in [-0.05, 0) is 6.07 Å². The number of aromatic amines is 1. The number of aromatic nitrogens is 5. The molecular formula is C18H16N6O. The summed E-state index contributed by atoms with van der Waals surface area (Å²) >= 11 is 0. The maximum atomic E-state index is 12.5. The molecule has 0 bridgehead atoms. The lowest BCUT2D eigenvalue weighted by Gasteiger charge is -2.07. The van der Waals surface area contributed by atoms with Gasteiger partial charge in [0.15, 0.2) is 0 Å². The summed E-state index contributed by atoms with van der Waals surface area (Å²) < 4.78 is 1.71. The van der Waals surface area contributed by atoms with Crippen LogP contribution in [0.4, 0.5) is 0 Å². The first-order valence-corrected chi connectivity index (χ1v) is 7.85. The molecule has 1 amide bonds. The Labute approximate surface area is 143 Å². The highest BCUT2D eigenvalue weighted by Gasteiger charge is 2.14. The van der Waals surface area contributed by atoms with Crippen LogP contribution >= 0.6 is 0 Å². The van der Waals surface area contributed by atoms with Crippen LogP contribution in [0.1, 0.15) is 16.1 Å². The van der Waals surface area contributed by atoms with Gasteiger partial charge in [-0.1, -0.05) is 18.2 Å². The molecule has 7 heteroatoms. The molecule has 0 fully saturated rings. The van der Waals surface area contributed by atoms with Crippen molar-refractivity contribution in [1.29, 1.82) is 0 Å². The molecule has 0 unspecified atom stereocenters. The summed E-state index contributed by atoms with van der Waals surface area (Å²) in [6.45, 7) is 0.288. The predicted molar refractivity (Wildman–Crippen MR) is 93.7 cm³/mol. The second-order valence-electron chi connectivity index (χ2n) is 5.68. The molecule has 0 radical (unpaired) electrons. The summed E-state index contributed by atoms with van der Waals surface area (Å²) in [6.07, 6.45) is 8.57. The highest BCUT2D eigenvalue weighted by Crippen LogP contribution is 2.20. The van der Waals surface area contributed by atoms with Crippen LogP contribution in [0.5, 0.6) is 0 Å². The lowest BCUT2D eigenvalue weighted by atomic mass is 10.1. The molecule has 0 atom stereocenters. The number of hydrogen-bond donors (Lipinski definition) is 2. The Morgan fingerprint density at radius 2 is 2.08 bits per heavy atom. The van der Waals surface area contributed by atoms with E-state index in [2.05, 4.69) is 25.4 Å². The minimum Gasteiger partial charge on any atom is -0.360 e. The number of carbonyl (C=O) groups is 1. The number of fused-ring (bicyclic) bond motifs is 1. The number of amides is 1. The second-order valence-corrected chi connectivity index (χ2v) is 5.68. The molecular weight excluding hydrogens is 316 g/mol. The van der Waals surface area contributed by atoms with Crippen molar-refractivity contribution in [3.8, 4) is 11.3 Å². The molecule has 0 saturated heterocycles. The number of para-hydroxylation sites is 1. The molecule has 4 aromatic rings. The fraction of sp³-hybridized carbons (Fsp3) is 0.111. The lowest BCUT2D eigenvalue weighted by molar-refractivity contribution is 0.0952. The first kappa shape index (κ1) is 15.1. The van der Waals surface area contributed by atoms with Gasteiger partial charge in [0.1, 0.15) is 0 Å². The Hall–Kier alpha value is -3.48. The number of hydrogen-bond acceptors (Lipinski definition) is 4. The Kier molecular flexibility index (Phi) is 3.74. The van der Waals surface area contributed by atoms with E-state index in [1.165, 1.54) is 0 Å². The van der Waals surface area contributed by atoms with Crippen LogP contribution < -0.4 is 5.32 Å². The first-order valence-electron chi connectivity index (χ1n) is 7.85. The fourth-order valence-electron chi connectivity index (χ4n) is 2.80. The average Bonchev–Trinajstić information content (AvgIpc) is 3.26. The molecule has 3 heterocycles. The minimum absolute atomic E-state index is 0.153. The van der Waals surface area contributed by atoms with Crippen molar-refractivity contribution in [2.45, 2.75) is 6.54 Å².